The van der Waals surface area contributed by atoms with Gasteiger partial charge in [-0.1, -0.05) is 86.0 Å². The van der Waals surface area contributed by atoms with Crippen molar-refractivity contribution in [3.63, 3.8) is 0 Å². The van der Waals surface area contributed by atoms with Gasteiger partial charge in [0.25, 0.3) is 0 Å². The summed E-state index contributed by atoms with van der Waals surface area (Å²) in [5, 5.41) is 0. The Morgan fingerprint density at radius 1 is 0.690 bits per heavy atom. The Kier molecular flexibility index (Phi) is 20.2. The van der Waals surface area contributed by atoms with Crippen LogP contribution in [-0.4, -0.2) is 38.5 Å². The normalized spacial score (nSPS) is 11.7. The zero-order valence-corrected chi connectivity index (χ0v) is 20.2. The minimum Gasteiger partial charge on any atom is -0.457 e. The van der Waals surface area contributed by atoms with Gasteiger partial charge in [0.1, 0.15) is 6.10 Å². The Balaban J connectivity index is 3.94. The molecule has 0 radical (unpaired) electrons. The second-order valence-electron chi connectivity index (χ2n) is 9.21. The van der Waals surface area contributed by atoms with E-state index in [9.17, 15) is 4.79 Å². The molecule has 0 unspecified atom stereocenters. The zero-order chi connectivity index (χ0) is 21.7. The van der Waals surface area contributed by atoms with Crippen LogP contribution in [0.1, 0.15) is 112 Å². The Morgan fingerprint density at radius 2 is 1.14 bits per heavy atom. The molecule has 29 heavy (non-hydrogen) atoms. The third-order valence-corrected chi connectivity index (χ3v) is 5.07. The largest absolute Gasteiger partial charge is 0.457 e. The number of ether oxygens (including phenoxy) is 3. The summed E-state index contributed by atoms with van der Waals surface area (Å²) in [5.41, 5.74) is 0. The standard InChI is InChI=1S/C25H50O4/c1-6-7-8-9-10-11-12-13-14-15-25(26)29-24(20-27-18-16-22(2)3)21-28-19-17-23(4)5/h22-24H,6-21H2,1-5H3. The molecule has 0 aromatic heterocycles. The van der Waals surface area contributed by atoms with Crippen LogP contribution in [0.2, 0.25) is 0 Å². The van der Waals surface area contributed by atoms with Gasteiger partial charge in [-0.2, -0.15) is 0 Å². The first kappa shape index (κ1) is 28.4. The van der Waals surface area contributed by atoms with E-state index in [0.717, 1.165) is 25.7 Å². The van der Waals surface area contributed by atoms with E-state index in [1.165, 1.54) is 44.9 Å². The second kappa shape index (κ2) is 20.7. The zero-order valence-electron chi connectivity index (χ0n) is 20.2. The number of hydrogen-bond acceptors (Lipinski definition) is 4. The van der Waals surface area contributed by atoms with Gasteiger partial charge in [-0.25, -0.2) is 0 Å². The summed E-state index contributed by atoms with van der Waals surface area (Å²) < 4.78 is 17.1. The van der Waals surface area contributed by atoms with Crippen molar-refractivity contribution in [2.75, 3.05) is 26.4 Å². The van der Waals surface area contributed by atoms with Crippen molar-refractivity contribution < 1.29 is 19.0 Å². The number of hydrogen-bond donors (Lipinski definition) is 0. The van der Waals surface area contributed by atoms with Crippen molar-refractivity contribution in [3.05, 3.63) is 0 Å². The average Bonchev–Trinajstić information content (AvgIpc) is 2.66. The Morgan fingerprint density at radius 3 is 1.59 bits per heavy atom. The molecule has 0 aliphatic heterocycles. The van der Waals surface area contributed by atoms with E-state index in [4.69, 9.17) is 14.2 Å². The smallest absolute Gasteiger partial charge is 0.306 e. The quantitative estimate of drug-likeness (QED) is 0.151. The van der Waals surface area contributed by atoms with Gasteiger partial charge in [-0.05, 0) is 31.1 Å². The predicted molar refractivity (Wildman–Crippen MR) is 122 cm³/mol. The average molecular weight is 415 g/mol. The van der Waals surface area contributed by atoms with Crippen LogP contribution < -0.4 is 0 Å². The van der Waals surface area contributed by atoms with Gasteiger partial charge in [0.2, 0.25) is 0 Å². The summed E-state index contributed by atoms with van der Waals surface area (Å²) in [6.07, 6.45) is 13.5. The maximum Gasteiger partial charge on any atom is 0.306 e. The highest BCUT2D eigenvalue weighted by Gasteiger charge is 2.15. The highest BCUT2D eigenvalue weighted by atomic mass is 16.6. The molecule has 0 saturated heterocycles. The van der Waals surface area contributed by atoms with Gasteiger partial charge < -0.3 is 14.2 Å². The van der Waals surface area contributed by atoms with Crippen molar-refractivity contribution in [1.82, 2.24) is 0 Å². The highest BCUT2D eigenvalue weighted by Crippen LogP contribution is 2.11. The monoisotopic (exact) mass is 414 g/mol. The molecule has 0 amide bonds. The Hall–Kier alpha value is -0.610. The van der Waals surface area contributed by atoms with E-state index in [-0.39, 0.29) is 12.1 Å². The lowest BCUT2D eigenvalue weighted by atomic mass is 10.1. The number of unbranched alkanes of at least 4 members (excludes halogenated alkanes) is 8. The van der Waals surface area contributed by atoms with Crippen molar-refractivity contribution in [2.45, 2.75) is 118 Å². The van der Waals surface area contributed by atoms with Gasteiger partial charge in [-0.3, -0.25) is 4.79 Å². The van der Waals surface area contributed by atoms with Crippen molar-refractivity contribution in [2.24, 2.45) is 11.8 Å². The highest BCUT2D eigenvalue weighted by molar-refractivity contribution is 5.69. The fraction of sp³-hybridized carbons (Fsp3) is 0.960. The topological polar surface area (TPSA) is 44.8 Å². The third kappa shape index (κ3) is 21.9. The summed E-state index contributed by atoms with van der Waals surface area (Å²) in [5.74, 6) is 1.12. The van der Waals surface area contributed by atoms with Gasteiger partial charge in [0.05, 0.1) is 13.2 Å². The molecule has 0 spiro atoms. The minimum absolute atomic E-state index is 0.113. The van der Waals surface area contributed by atoms with Gasteiger partial charge in [0, 0.05) is 19.6 Å². The number of rotatable bonds is 21. The fourth-order valence-electron chi connectivity index (χ4n) is 3.01. The molecule has 0 aromatic carbocycles. The van der Waals surface area contributed by atoms with Crippen molar-refractivity contribution in [1.29, 1.82) is 0 Å². The maximum atomic E-state index is 12.2. The first-order chi connectivity index (χ1) is 14.0. The molecule has 0 aromatic rings. The lowest BCUT2D eigenvalue weighted by Gasteiger charge is -2.19. The molecule has 0 aliphatic rings. The lowest BCUT2D eigenvalue weighted by Crippen LogP contribution is -2.29. The molecular weight excluding hydrogens is 364 g/mol. The van der Waals surface area contributed by atoms with E-state index in [1.54, 1.807) is 0 Å². The molecule has 0 rings (SSSR count). The third-order valence-electron chi connectivity index (χ3n) is 5.07. The molecule has 0 aliphatic carbocycles. The minimum atomic E-state index is -0.291. The molecule has 174 valence electrons. The molecule has 0 fully saturated rings. The lowest BCUT2D eigenvalue weighted by molar-refractivity contribution is -0.156. The van der Waals surface area contributed by atoms with Gasteiger partial charge in [0.15, 0.2) is 0 Å². The Labute approximate surface area is 181 Å². The molecule has 0 heterocycles. The molecule has 0 bridgehead atoms. The fourth-order valence-corrected chi connectivity index (χ4v) is 3.01. The summed E-state index contributed by atoms with van der Waals surface area (Å²) in [6.45, 7) is 13.2. The van der Waals surface area contributed by atoms with Gasteiger partial charge in [-0.15, -0.1) is 0 Å². The molecule has 0 atom stereocenters. The molecule has 4 nitrogen and oxygen atoms in total. The van der Waals surface area contributed by atoms with Crippen LogP contribution in [0.15, 0.2) is 0 Å². The summed E-state index contributed by atoms with van der Waals surface area (Å²) >= 11 is 0. The molecular formula is C25H50O4. The first-order valence-electron chi connectivity index (χ1n) is 12.3. The van der Waals surface area contributed by atoms with Crippen molar-refractivity contribution in [3.8, 4) is 0 Å². The van der Waals surface area contributed by atoms with Crippen LogP contribution in [0.5, 0.6) is 0 Å². The number of carbonyl (C=O) groups is 1. The van der Waals surface area contributed by atoms with Crippen LogP contribution >= 0.6 is 0 Å². The van der Waals surface area contributed by atoms with E-state index in [0.29, 0.717) is 44.7 Å². The van der Waals surface area contributed by atoms with Crippen LogP contribution in [-0.2, 0) is 19.0 Å². The number of carbonyl (C=O) groups excluding carboxylic acids is 1. The van der Waals surface area contributed by atoms with E-state index in [1.807, 2.05) is 0 Å². The molecule has 4 heteroatoms. The summed E-state index contributed by atoms with van der Waals surface area (Å²) in [4.78, 5) is 12.2. The van der Waals surface area contributed by atoms with E-state index < -0.39 is 0 Å². The first-order valence-corrected chi connectivity index (χ1v) is 12.3. The van der Waals surface area contributed by atoms with Crippen LogP contribution in [0.4, 0.5) is 0 Å². The predicted octanol–water partition coefficient (Wildman–Crippen LogP) is 6.94. The van der Waals surface area contributed by atoms with Gasteiger partial charge >= 0.3 is 5.97 Å². The second-order valence-corrected chi connectivity index (χ2v) is 9.21. The van der Waals surface area contributed by atoms with Crippen LogP contribution in [0.3, 0.4) is 0 Å². The Bertz CT molecular complexity index is 339. The maximum absolute atomic E-state index is 12.2. The molecule has 0 saturated carbocycles. The summed E-state index contributed by atoms with van der Waals surface area (Å²) in [6, 6.07) is 0. The van der Waals surface area contributed by atoms with E-state index in [2.05, 4.69) is 34.6 Å². The van der Waals surface area contributed by atoms with Crippen LogP contribution in [0, 0.1) is 11.8 Å². The van der Waals surface area contributed by atoms with E-state index >= 15 is 0 Å². The molecule has 0 N–H and O–H groups in total. The SMILES string of the molecule is CCCCCCCCCCCC(=O)OC(COCCC(C)C)COCCC(C)C. The van der Waals surface area contributed by atoms with Crippen LogP contribution in [0.25, 0.3) is 0 Å². The van der Waals surface area contributed by atoms with Crippen molar-refractivity contribution >= 4 is 5.97 Å². The number of esters is 1. The summed E-state index contributed by atoms with van der Waals surface area (Å²) in [7, 11) is 0.